The molecule has 168 valence electrons. The van der Waals surface area contributed by atoms with Crippen molar-refractivity contribution >= 4 is 46.3 Å². The molecule has 2 heterocycles. The summed E-state index contributed by atoms with van der Waals surface area (Å²) in [4.78, 5) is 22.0. The third-order valence-corrected chi connectivity index (χ3v) is 5.78. The fourth-order valence-electron chi connectivity index (χ4n) is 2.65. The molecule has 0 aliphatic heterocycles. The lowest BCUT2D eigenvalue weighted by Crippen LogP contribution is -2.06. The fraction of sp³-hybridized carbons (Fsp3) is 0.125. The van der Waals surface area contributed by atoms with Crippen LogP contribution in [0, 0.1) is 20.2 Å². The molecule has 0 N–H and O–H groups in total. The first-order chi connectivity index (χ1) is 15.8. The van der Waals surface area contributed by atoms with Gasteiger partial charge in [0.15, 0.2) is 0 Å². The Morgan fingerprint density at radius 3 is 2.33 bits per heavy atom. The summed E-state index contributed by atoms with van der Waals surface area (Å²) in [6.45, 7) is 0.295. The highest BCUT2D eigenvalue weighted by Crippen LogP contribution is 2.28. The Balaban J connectivity index is 1.46. The molecule has 14 nitrogen and oxygen atoms in total. The van der Waals surface area contributed by atoms with E-state index in [9.17, 15) is 20.2 Å². The third kappa shape index (κ3) is 5.05. The monoisotopic (exact) mass is 508 g/mol. The Morgan fingerprint density at radius 1 is 0.939 bits per heavy atom. The van der Waals surface area contributed by atoms with E-state index in [1.165, 1.54) is 21.2 Å². The summed E-state index contributed by atoms with van der Waals surface area (Å²) in [6, 6.07) is 8.14. The van der Waals surface area contributed by atoms with Crippen LogP contribution in [0.15, 0.2) is 41.6 Å². The highest BCUT2D eigenvalue weighted by atomic mass is 35.5. The highest BCUT2D eigenvalue weighted by molar-refractivity contribution is 7.99. The van der Waals surface area contributed by atoms with Gasteiger partial charge in [0.2, 0.25) is 11.0 Å². The predicted molar refractivity (Wildman–Crippen MR) is 116 cm³/mol. The number of aromatic nitrogens is 8. The summed E-state index contributed by atoms with van der Waals surface area (Å²) in [5, 5.41) is 46.9. The number of thioether (sulfide) groups is 1. The lowest BCUT2D eigenvalue weighted by Gasteiger charge is -2.05. The summed E-state index contributed by atoms with van der Waals surface area (Å²) in [6.07, 6.45) is 0. The first-order valence-corrected chi connectivity index (χ1v) is 10.6. The number of aryl methyl sites for hydroxylation is 1. The van der Waals surface area contributed by atoms with E-state index in [-0.39, 0.29) is 11.4 Å². The molecule has 0 bridgehead atoms. The van der Waals surface area contributed by atoms with E-state index >= 15 is 0 Å². The zero-order chi connectivity index (χ0) is 23.5. The van der Waals surface area contributed by atoms with E-state index in [1.807, 2.05) is 0 Å². The second-order valence-electron chi connectivity index (χ2n) is 6.28. The van der Waals surface area contributed by atoms with Crippen LogP contribution in [0.2, 0.25) is 10.0 Å². The molecule has 0 unspecified atom stereocenters. The fourth-order valence-corrected chi connectivity index (χ4v) is 3.74. The number of nitro groups is 2. The number of benzene rings is 2. The number of hydrogen-bond acceptors (Lipinski definition) is 11. The Kier molecular flexibility index (Phi) is 6.43. The smallest absolute Gasteiger partial charge is 0.258 e. The summed E-state index contributed by atoms with van der Waals surface area (Å²) in [7, 11) is 0. The molecule has 0 spiro atoms. The summed E-state index contributed by atoms with van der Waals surface area (Å²) in [5.41, 5.74) is -0.149. The Hall–Kier alpha value is -3.69. The van der Waals surface area contributed by atoms with Crippen LogP contribution < -0.4 is 0 Å². The molecule has 4 rings (SSSR count). The molecule has 0 radical (unpaired) electrons. The van der Waals surface area contributed by atoms with Gasteiger partial charge in [-0.25, -0.2) is 0 Å². The maximum absolute atomic E-state index is 11.1. The number of halogens is 2. The second kappa shape index (κ2) is 9.43. The highest BCUT2D eigenvalue weighted by Gasteiger charge is 2.19. The van der Waals surface area contributed by atoms with Gasteiger partial charge >= 0.3 is 0 Å². The van der Waals surface area contributed by atoms with Gasteiger partial charge in [-0.3, -0.25) is 20.2 Å². The van der Waals surface area contributed by atoms with E-state index in [1.54, 1.807) is 18.2 Å². The number of nitrogens with zero attached hydrogens (tertiary/aromatic N) is 10. The normalized spacial score (nSPS) is 11.0. The Labute approximate surface area is 197 Å². The van der Waals surface area contributed by atoms with Crippen LogP contribution in [0.5, 0.6) is 0 Å². The number of rotatable bonds is 8. The largest absolute Gasteiger partial charge is 0.277 e. The zero-order valence-electron chi connectivity index (χ0n) is 16.1. The summed E-state index contributed by atoms with van der Waals surface area (Å²) >= 11 is 13.3. The SMILES string of the molecule is O=[N+]([O-])c1cc(-c2nnn(CCSc3nnnn3-c3ccc(Cl)c(Cl)c3)n2)cc([N+](=O)[O-])c1. The zero-order valence-corrected chi connectivity index (χ0v) is 18.5. The molecule has 0 aliphatic rings. The molecule has 0 atom stereocenters. The quantitative estimate of drug-likeness (QED) is 0.194. The van der Waals surface area contributed by atoms with Crippen molar-refractivity contribution in [2.24, 2.45) is 0 Å². The van der Waals surface area contributed by atoms with Crippen LogP contribution in [0.1, 0.15) is 0 Å². The number of tetrazole rings is 2. The minimum Gasteiger partial charge on any atom is -0.258 e. The molecule has 0 fully saturated rings. The molecule has 2 aromatic heterocycles. The molecule has 33 heavy (non-hydrogen) atoms. The van der Waals surface area contributed by atoms with Crippen LogP contribution in [0.25, 0.3) is 17.1 Å². The summed E-state index contributed by atoms with van der Waals surface area (Å²) in [5.74, 6) is 0.472. The van der Waals surface area contributed by atoms with Crippen LogP contribution in [0.4, 0.5) is 11.4 Å². The third-order valence-electron chi connectivity index (χ3n) is 4.15. The Bertz CT molecular complexity index is 1330. The van der Waals surface area contributed by atoms with Crippen LogP contribution in [0.3, 0.4) is 0 Å². The first kappa shape index (κ1) is 22.5. The standard InChI is InChI=1S/C16H10Cl2N10O4S/c17-13-2-1-10(8-14(13)18)26-16(20-22-24-26)33-4-3-25-21-15(19-23-25)9-5-11(27(29)30)7-12(6-9)28(31)32/h1-2,5-8H,3-4H2. The van der Waals surface area contributed by atoms with Gasteiger partial charge in [-0.2, -0.15) is 9.48 Å². The molecule has 4 aromatic rings. The van der Waals surface area contributed by atoms with Crippen molar-refractivity contribution in [1.82, 2.24) is 40.4 Å². The lowest BCUT2D eigenvalue weighted by atomic mass is 10.1. The molecule has 0 amide bonds. The van der Waals surface area contributed by atoms with Gasteiger partial charge in [0, 0.05) is 23.4 Å². The van der Waals surface area contributed by atoms with Crippen LogP contribution in [-0.4, -0.2) is 56.0 Å². The van der Waals surface area contributed by atoms with E-state index in [2.05, 4.69) is 30.9 Å². The molecule has 0 saturated carbocycles. The predicted octanol–water partition coefficient (Wildman–Crippen LogP) is 3.23. The minimum atomic E-state index is -0.727. The van der Waals surface area contributed by atoms with Gasteiger partial charge in [-0.05, 0) is 33.8 Å². The van der Waals surface area contributed by atoms with E-state index in [0.717, 1.165) is 18.2 Å². The van der Waals surface area contributed by atoms with E-state index < -0.39 is 21.2 Å². The average molecular weight is 509 g/mol. The van der Waals surface area contributed by atoms with Gasteiger partial charge in [0.1, 0.15) is 0 Å². The maximum Gasteiger partial charge on any atom is 0.277 e. The molecule has 0 aliphatic carbocycles. The average Bonchev–Trinajstić information content (AvgIpc) is 3.45. The van der Waals surface area contributed by atoms with Crippen molar-refractivity contribution in [2.45, 2.75) is 11.7 Å². The Morgan fingerprint density at radius 2 is 1.67 bits per heavy atom. The minimum absolute atomic E-state index is 0.0208. The topological polar surface area (TPSA) is 173 Å². The molecule has 0 saturated heterocycles. The number of non-ortho nitro benzene ring substituents is 2. The molecular formula is C16H10Cl2N10O4S. The molecule has 17 heteroatoms. The van der Waals surface area contributed by atoms with Gasteiger partial charge in [-0.15, -0.1) is 15.3 Å². The van der Waals surface area contributed by atoms with Gasteiger partial charge in [0.25, 0.3) is 11.4 Å². The molecular weight excluding hydrogens is 499 g/mol. The number of hydrogen-bond donors (Lipinski definition) is 0. The van der Waals surface area contributed by atoms with Crippen molar-refractivity contribution in [3.63, 3.8) is 0 Å². The lowest BCUT2D eigenvalue weighted by molar-refractivity contribution is -0.394. The van der Waals surface area contributed by atoms with Gasteiger partial charge < -0.3 is 0 Å². The van der Waals surface area contributed by atoms with Crippen molar-refractivity contribution in [3.05, 3.63) is 66.7 Å². The van der Waals surface area contributed by atoms with E-state index in [0.29, 0.717) is 33.2 Å². The van der Waals surface area contributed by atoms with Crippen LogP contribution >= 0.6 is 35.0 Å². The van der Waals surface area contributed by atoms with Crippen molar-refractivity contribution in [2.75, 3.05) is 5.75 Å². The number of nitro benzene ring substituents is 2. The van der Waals surface area contributed by atoms with Crippen molar-refractivity contribution in [3.8, 4) is 17.1 Å². The van der Waals surface area contributed by atoms with Crippen LogP contribution in [-0.2, 0) is 6.54 Å². The maximum atomic E-state index is 11.1. The van der Waals surface area contributed by atoms with Crippen molar-refractivity contribution < 1.29 is 9.85 Å². The van der Waals surface area contributed by atoms with Gasteiger partial charge in [-0.1, -0.05) is 35.0 Å². The summed E-state index contributed by atoms with van der Waals surface area (Å²) < 4.78 is 1.50. The first-order valence-electron chi connectivity index (χ1n) is 8.90. The van der Waals surface area contributed by atoms with Gasteiger partial charge in [0.05, 0.1) is 38.2 Å². The molecule has 2 aromatic carbocycles. The van der Waals surface area contributed by atoms with E-state index in [4.69, 9.17) is 23.2 Å². The second-order valence-corrected chi connectivity index (χ2v) is 8.16. The van der Waals surface area contributed by atoms with Crippen molar-refractivity contribution in [1.29, 1.82) is 0 Å².